The van der Waals surface area contributed by atoms with E-state index in [2.05, 4.69) is 49.6 Å². The zero-order valence-corrected chi connectivity index (χ0v) is 27.7. The highest BCUT2D eigenvalue weighted by atomic mass is 16.5. The average molecular weight is 630 g/mol. The molecule has 3 heterocycles. The van der Waals surface area contributed by atoms with E-state index in [0.29, 0.717) is 18.8 Å². The number of aromatic amines is 1. The number of carbonyl (C=O) groups is 2. The van der Waals surface area contributed by atoms with E-state index in [0.717, 1.165) is 86.5 Å². The summed E-state index contributed by atoms with van der Waals surface area (Å²) >= 11 is 0. The number of anilines is 1. The van der Waals surface area contributed by atoms with Crippen molar-refractivity contribution >= 4 is 17.5 Å². The second-order valence-corrected chi connectivity index (χ2v) is 13.7. The Bertz CT molecular complexity index is 1500. The third kappa shape index (κ3) is 7.49. The molecule has 246 valence electrons. The van der Waals surface area contributed by atoms with Crippen LogP contribution in [-0.4, -0.2) is 88.8 Å². The fourth-order valence-corrected chi connectivity index (χ4v) is 6.66. The molecule has 3 aliphatic rings. The van der Waals surface area contributed by atoms with Crippen molar-refractivity contribution in [2.75, 3.05) is 44.2 Å². The van der Waals surface area contributed by atoms with Crippen molar-refractivity contribution < 1.29 is 24.4 Å². The predicted molar refractivity (Wildman–Crippen MR) is 178 cm³/mol. The Balaban J connectivity index is 1.14. The van der Waals surface area contributed by atoms with Crippen LogP contribution in [0.15, 0.2) is 54.9 Å². The minimum Gasteiger partial charge on any atom is -0.491 e. The molecule has 10 nitrogen and oxygen atoms in total. The molecular formula is C36H49N6O4+. The second kappa shape index (κ2) is 13.7. The van der Waals surface area contributed by atoms with E-state index in [1.54, 1.807) is 6.20 Å². The molecule has 10 heteroatoms. The van der Waals surface area contributed by atoms with Gasteiger partial charge in [0.2, 0.25) is 5.91 Å². The Morgan fingerprint density at radius 3 is 2.59 bits per heavy atom. The topological polar surface area (TPSA) is 108 Å². The quantitative estimate of drug-likeness (QED) is 0.334. The van der Waals surface area contributed by atoms with Crippen LogP contribution in [-0.2, 0) is 16.1 Å². The second-order valence-electron chi connectivity index (χ2n) is 13.7. The zero-order chi connectivity index (χ0) is 32.3. The van der Waals surface area contributed by atoms with Crippen LogP contribution in [0.2, 0.25) is 0 Å². The molecule has 0 unspecified atom stereocenters. The lowest BCUT2D eigenvalue weighted by molar-refractivity contribution is -0.662. The molecule has 3 fully saturated rings. The molecule has 2 saturated heterocycles. The molecule has 2 aliphatic heterocycles. The van der Waals surface area contributed by atoms with E-state index in [-0.39, 0.29) is 29.9 Å². The molecule has 2 amide bonds. The van der Waals surface area contributed by atoms with Crippen molar-refractivity contribution in [1.29, 1.82) is 0 Å². The van der Waals surface area contributed by atoms with Gasteiger partial charge in [-0.05, 0) is 77.1 Å². The number of hydrogen-bond acceptors (Lipinski definition) is 6. The average Bonchev–Trinajstić information content (AvgIpc) is 3.75. The summed E-state index contributed by atoms with van der Waals surface area (Å²) in [7, 11) is 0. The van der Waals surface area contributed by atoms with E-state index in [1.807, 2.05) is 57.0 Å². The first-order valence-corrected chi connectivity index (χ1v) is 16.9. The Kier molecular flexibility index (Phi) is 9.54. The zero-order valence-electron chi connectivity index (χ0n) is 27.7. The van der Waals surface area contributed by atoms with Gasteiger partial charge in [-0.3, -0.25) is 14.7 Å². The van der Waals surface area contributed by atoms with Crippen LogP contribution >= 0.6 is 0 Å². The molecule has 46 heavy (non-hydrogen) atoms. The summed E-state index contributed by atoms with van der Waals surface area (Å²) in [6.07, 6.45) is 7.59. The number of carbonyl (C=O) groups excluding carboxylic acids is 2. The van der Waals surface area contributed by atoms with E-state index in [9.17, 15) is 9.59 Å². The van der Waals surface area contributed by atoms with Crippen LogP contribution < -0.4 is 19.7 Å². The highest BCUT2D eigenvalue weighted by Crippen LogP contribution is 2.36. The molecule has 1 aliphatic carbocycles. The van der Waals surface area contributed by atoms with Crippen molar-refractivity contribution in [3.05, 3.63) is 60.4 Å². The lowest BCUT2D eigenvalue weighted by Gasteiger charge is -2.37. The van der Waals surface area contributed by atoms with Crippen LogP contribution in [0.4, 0.5) is 5.69 Å². The standard InChI is InChI=1S/C36H48N6O4/c1-25(2)45-33-19-26(29-21-38-39-22-29)10-11-27(33)24-42(30-12-13-30)34(43)28-7-6-16-41(23-28)31-8-5-9-32(20-31)46-36(3,4)35(44)40-17-14-37-15-18-40/h5,8-11,19-22,25,28,30,37H,6-7,12-18,23-24H2,1-4H3,(H,38,39)/p+1/t28-/m1/s1. The number of amides is 2. The van der Waals surface area contributed by atoms with Crippen LogP contribution in [0, 0.1) is 5.92 Å². The minimum atomic E-state index is -0.962. The molecule has 0 radical (unpaired) electrons. The number of piperazine rings is 1. The van der Waals surface area contributed by atoms with Crippen LogP contribution in [0.5, 0.6) is 11.5 Å². The maximum Gasteiger partial charge on any atom is 0.266 e. The third-order valence-electron chi connectivity index (χ3n) is 9.21. The fraction of sp³-hybridized carbons (Fsp3) is 0.528. The largest absolute Gasteiger partial charge is 0.491 e. The van der Waals surface area contributed by atoms with Crippen molar-refractivity contribution in [1.82, 2.24) is 20.0 Å². The molecule has 0 spiro atoms. The first-order chi connectivity index (χ1) is 22.2. The van der Waals surface area contributed by atoms with Crippen molar-refractivity contribution in [2.24, 2.45) is 5.92 Å². The lowest BCUT2D eigenvalue weighted by atomic mass is 9.95. The van der Waals surface area contributed by atoms with Gasteiger partial charge in [0.25, 0.3) is 5.91 Å². The molecule has 1 atom stereocenters. The van der Waals surface area contributed by atoms with Crippen LogP contribution in [0.3, 0.4) is 0 Å². The summed E-state index contributed by atoms with van der Waals surface area (Å²) in [5, 5.41) is 9.21. The van der Waals surface area contributed by atoms with Gasteiger partial charge >= 0.3 is 0 Å². The lowest BCUT2D eigenvalue weighted by Crippen LogP contribution is -2.90. The number of H-pyrrole nitrogens is 1. The summed E-state index contributed by atoms with van der Waals surface area (Å²) in [5.41, 5.74) is 3.12. The first kappa shape index (κ1) is 31.9. The van der Waals surface area contributed by atoms with Gasteiger partial charge in [0, 0.05) is 54.8 Å². The summed E-state index contributed by atoms with van der Waals surface area (Å²) in [4.78, 5) is 33.8. The van der Waals surface area contributed by atoms with Crippen molar-refractivity contribution in [2.45, 2.75) is 77.7 Å². The molecule has 1 aromatic heterocycles. The number of piperidine rings is 1. The van der Waals surface area contributed by atoms with E-state index in [4.69, 9.17) is 9.47 Å². The van der Waals surface area contributed by atoms with E-state index in [1.165, 1.54) is 0 Å². The van der Waals surface area contributed by atoms with E-state index < -0.39 is 5.60 Å². The van der Waals surface area contributed by atoms with Crippen molar-refractivity contribution in [3.63, 3.8) is 0 Å². The number of hydrogen-bond donors (Lipinski definition) is 2. The van der Waals surface area contributed by atoms with Gasteiger partial charge in [-0.25, -0.2) is 0 Å². The summed E-state index contributed by atoms with van der Waals surface area (Å²) < 4.78 is 12.6. The Hall–Kier alpha value is -4.05. The van der Waals surface area contributed by atoms with Gasteiger partial charge in [0.05, 0.1) is 44.4 Å². The number of ether oxygens (including phenoxy) is 2. The SMILES string of the molecule is CC(C)Oc1cc(-c2cn[nH]c2)ccc1CN(C(=O)[C@@H]1CCCN(c2cccc(OC(C)(C)C(=O)N3CC[NH2+]CC3)c2)C1)C1CC1. The number of nitrogens with zero attached hydrogens (tertiary/aromatic N) is 4. The molecule has 3 N–H and O–H groups in total. The van der Waals surface area contributed by atoms with Gasteiger partial charge < -0.3 is 29.5 Å². The number of quaternary nitrogens is 1. The normalized spacial score (nSPS) is 18.8. The molecule has 2 aromatic carbocycles. The van der Waals surface area contributed by atoms with Gasteiger partial charge in [0.15, 0.2) is 5.60 Å². The molecule has 3 aromatic rings. The van der Waals surface area contributed by atoms with Gasteiger partial charge in [-0.15, -0.1) is 0 Å². The highest BCUT2D eigenvalue weighted by molar-refractivity contribution is 5.85. The summed E-state index contributed by atoms with van der Waals surface area (Å²) in [6, 6.07) is 14.5. The Morgan fingerprint density at radius 2 is 1.87 bits per heavy atom. The van der Waals surface area contributed by atoms with Crippen LogP contribution in [0.25, 0.3) is 11.1 Å². The minimum absolute atomic E-state index is 0.0159. The molecule has 0 bridgehead atoms. The molecule has 6 rings (SSSR count). The molecule has 1 saturated carbocycles. The molecular weight excluding hydrogens is 580 g/mol. The van der Waals surface area contributed by atoms with Gasteiger partial charge in [-0.1, -0.05) is 18.2 Å². The van der Waals surface area contributed by atoms with Gasteiger partial charge in [0.1, 0.15) is 11.5 Å². The third-order valence-corrected chi connectivity index (χ3v) is 9.21. The van der Waals surface area contributed by atoms with Gasteiger partial charge in [-0.2, -0.15) is 5.10 Å². The maximum absolute atomic E-state index is 14.2. The number of nitrogens with two attached hydrogens (primary N) is 1. The highest BCUT2D eigenvalue weighted by Gasteiger charge is 2.38. The summed E-state index contributed by atoms with van der Waals surface area (Å²) in [6.45, 7) is 13.2. The van der Waals surface area contributed by atoms with E-state index >= 15 is 0 Å². The number of benzene rings is 2. The Morgan fingerprint density at radius 1 is 1.07 bits per heavy atom. The van der Waals surface area contributed by atoms with Crippen molar-refractivity contribution in [3.8, 4) is 22.6 Å². The number of rotatable bonds is 11. The van der Waals surface area contributed by atoms with Crippen LogP contribution in [0.1, 0.15) is 58.9 Å². The first-order valence-electron chi connectivity index (χ1n) is 16.9. The fourth-order valence-electron chi connectivity index (χ4n) is 6.66. The number of nitrogens with one attached hydrogen (secondary N) is 1. The smallest absolute Gasteiger partial charge is 0.266 e. The Labute approximate surface area is 272 Å². The summed E-state index contributed by atoms with van der Waals surface area (Å²) in [5.74, 6) is 1.64. The monoisotopic (exact) mass is 629 g/mol. The maximum atomic E-state index is 14.2. The number of aromatic nitrogens is 2. The predicted octanol–water partition coefficient (Wildman–Crippen LogP) is 3.83.